The van der Waals surface area contributed by atoms with Crippen LogP contribution in [0.5, 0.6) is 5.75 Å². The Morgan fingerprint density at radius 2 is 1.83 bits per heavy atom. The van der Waals surface area contributed by atoms with Crippen molar-refractivity contribution in [2.24, 2.45) is 5.92 Å². The van der Waals surface area contributed by atoms with E-state index in [0.29, 0.717) is 49.8 Å². The maximum atomic E-state index is 14.1. The van der Waals surface area contributed by atoms with Gasteiger partial charge >= 0.3 is 0 Å². The number of amides is 1. The topological polar surface area (TPSA) is 143 Å². The SMILES string of the molecule is CN(C)C1(N(C)n2cc(C(=N)SC(=N)Cc3ccc(F)cc3F)c(=O)c(O)c2C=O)CCC(C(=O)NC2(C)CC2)CC1. The average molecular weight is 603 g/mol. The van der Waals surface area contributed by atoms with Gasteiger partial charge < -0.3 is 10.4 Å². The van der Waals surface area contributed by atoms with E-state index in [4.69, 9.17) is 10.8 Å². The normalized spacial score (nSPS) is 21.1. The molecule has 2 fully saturated rings. The molecule has 2 aliphatic rings. The first-order valence-electron chi connectivity index (χ1n) is 13.7. The van der Waals surface area contributed by atoms with Gasteiger partial charge in [0, 0.05) is 37.2 Å². The molecule has 42 heavy (non-hydrogen) atoms. The summed E-state index contributed by atoms with van der Waals surface area (Å²) in [7, 11) is 5.46. The van der Waals surface area contributed by atoms with Gasteiger partial charge in [0.2, 0.25) is 11.3 Å². The molecule has 1 aromatic heterocycles. The molecule has 4 rings (SSSR count). The number of carbonyl (C=O) groups excluding carboxylic acids is 2. The Labute approximate surface area is 247 Å². The van der Waals surface area contributed by atoms with Crippen molar-refractivity contribution in [2.45, 2.75) is 63.1 Å². The molecule has 0 aliphatic heterocycles. The number of nitrogens with zero attached hydrogens (tertiary/aromatic N) is 3. The first-order valence-corrected chi connectivity index (χ1v) is 14.5. The van der Waals surface area contributed by atoms with Crippen LogP contribution in [0.4, 0.5) is 8.78 Å². The van der Waals surface area contributed by atoms with Crippen molar-refractivity contribution in [1.29, 1.82) is 10.8 Å². The van der Waals surface area contributed by atoms with Crippen LogP contribution in [0.1, 0.15) is 67.1 Å². The fourth-order valence-electron chi connectivity index (χ4n) is 5.49. The van der Waals surface area contributed by atoms with Crippen LogP contribution < -0.4 is 15.8 Å². The highest BCUT2D eigenvalue weighted by molar-refractivity contribution is 8.26. The molecule has 10 nitrogen and oxygen atoms in total. The largest absolute Gasteiger partial charge is 0.503 e. The number of nitrogens with one attached hydrogen (secondary N) is 3. The zero-order valence-electron chi connectivity index (χ0n) is 24.1. The zero-order valence-corrected chi connectivity index (χ0v) is 24.9. The molecule has 0 saturated heterocycles. The smallest absolute Gasteiger partial charge is 0.233 e. The highest BCUT2D eigenvalue weighted by Crippen LogP contribution is 2.39. The van der Waals surface area contributed by atoms with Gasteiger partial charge in [-0.25, -0.2) is 8.78 Å². The number of thioether (sulfide) groups is 1. The van der Waals surface area contributed by atoms with Gasteiger partial charge in [0.05, 0.1) is 10.6 Å². The molecule has 0 bridgehead atoms. The second-order valence-electron chi connectivity index (χ2n) is 11.6. The van der Waals surface area contributed by atoms with E-state index in [2.05, 4.69) is 5.32 Å². The van der Waals surface area contributed by atoms with Gasteiger partial charge in [0.1, 0.15) is 28.0 Å². The quantitative estimate of drug-likeness (QED) is 0.149. The molecular formula is C29H36F2N6O4S. The van der Waals surface area contributed by atoms with Crippen molar-refractivity contribution in [2.75, 3.05) is 26.2 Å². The molecule has 2 aromatic rings. The molecular weight excluding hydrogens is 566 g/mol. The average Bonchev–Trinajstić information content (AvgIpc) is 3.67. The summed E-state index contributed by atoms with van der Waals surface area (Å²) in [5, 5.41) is 31.8. The number of benzene rings is 1. The van der Waals surface area contributed by atoms with E-state index in [9.17, 15) is 28.3 Å². The number of hydrogen-bond donors (Lipinski definition) is 4. The Hall–Kier alpha value is -3.58. The first-order chi connectivity index (χ1) is 19.7. The van der Waals surface area contributed by atoms with E-state index >= 15 is 0 Å². The highest BCUT2D eigenvalue weighted by atomic mass is 32.2. The number of aldehydes is 1. The summed E-state index contributed by atoms with van der Waals surface area (Å²) < 4.78 is 28.7. The summed E-state index contributed by atoms with van der Waals surface area (Å²) in [6.07, 6.45) is 5.62. The van der Waals surface area contributed by atoms with Gasteiger partial charge in [-0.15, -0.1) is 0 Å². The first kappa shape index (κ1) is 31.4. The molecule has 0 radical (unpaired) electrons. The third kappa shape index (κ3) is 6.26. The van der Waals surface area contributed by atoms with Gasteiger partial charge in [-0.2, -0.15) is 0 Å². The standard InChI is InChI=1S/C29H36F2N6O4S/c1-28(11-12-28)34-27(41)17-7-9-29(10-8-17,35(2)3)36(4)37-15-20(24(39)25(40)22(37)16-38)26(33)42-23(32)13-18-5-6-19(30)14-21(18)31/h5-6,14-17,32-33,40H,7-13H2,1-4H3,(H,34,41). The monoisotopic (exact) mass is 602 g/mol. The second kappa shape index (κ2) is 12.0. The van der Waals surface area contributed by atoms with Gasteiger partial charge in [-0.3, -0.25) is 39.8 Å². The summed E-state index contributed by atoms with van der Waals surface area (Å²) >= 11 is 0.591. The van der Waals surface area contributed by atoms with Crippen LogP contribution in [-0.2, 0) is 11.2 Å². The Morgan fingerprint density at radius 3 is 2.38 bits per heavy atom. The number of rotatable bonds is 9. The maximum absolute atomic E-state index is 14.1. The van der Waals surface area contributed by atoms with Crippen LogP contribution in [0.3, 0.4) is 0 Å². The van der Waals surface area contributed by atoms with E-state index in [1.807, 2.05) is 25.9 Å². The lowest BCUT2D eigenvalue weighted by atomic mass is 9.80. The molecule has 13 heteroatoms. The van der Waals surface area contributed by atoms with Crippen molar-refractivity contribution >= 4 is 34.0 Å². The fraction of sp³-hybridized carbons (Fsp3) is 0.483. The van der Waals surface area contributed by atoms with Crippen molar-refractivity contribution in [1.82, 2.24) is 14.9 Å². The number of pyridine rings is 1. The summed E-state index contributed by atoms with van der Waals surface area (Å²) in [5.41, 5.74) is -2.25. The number of carbonyl (C=O) groups is 2. The summed E-state index contributed by atoms with van der Waals surface area (Å²) in [4.78, 5) is 39.9. The molecule has 226 valence electrons. The van der Waals surface area contributed by atoms with E-state index < -0.39 is 28.5 Å². The number of hydrogen-bond acceptors (Lipinski definition) is 9. The van der Waals surface area contributed by atoms with Gasteiger partial charge in [0.15, 0.2) is 12.0 Å². The lowest BCUT2D eigenvalue weighted by Gasteiger charge is -2.52. The third-order valence-corrected chi connectivity index (χ3v) is 9.30. The molecule has 0 spiro atoms. The predicted molar refractivity (Wildman–Crippen MR) is 158 cm³/mol. The minimum atomic E-state index is -0.951. The Bertz CT molecular complexity index is 1480. The van der Waals surface area contributed by atoms with Crippen LogP contribution >= 0.6 is 11.8 Å². The van der Waals surface area contributed by atoms with E-state index in [1.165, 1.54) is 16.9 Å². The lowest BCUT2D eigenvalue weighted by molar-refractivity contribution is -0.127. The number of aromatic hydroxyl groups is 1. The Balaban J connectivity index is 1.59. The minimum absolute atomic E-state index is 0.0373. The van der Waals surface area contributed by atoms with Crippen molar-refractivity contribution in [3.05, 3.63) is 63.1 Å². The third-order valence-electron chi connectivity index (χ3n) is 8.49. The van der Waals surface area contributed by atoms with Crippen LogP contribution in [0.15, 0.2) is 29.2 Å². The zero-order chi connectivity index (χ0) is 31.0. The molecule has 1 heterocycles. The summed E-state index contributed by atoms with van der Waals surface area (Å²) in [6, 6.07) is 2.98. The van der Waals surface area contributed by atoms with E-state index in [1.54, 1.807) is 12.1 Å². The van der Waals surface area contributed by atoms with E-state index in [0.717, 1.165) is 18.9 Å². The van der Waals surface area contributed by atoms with Gasteiger partial charge in [0.25, 0.3) is 0 Å². The molecule has 0 unspecified atom stereocenters. The molecule has 1 aromatic carbocycles. The van der Waals surface area contributed by atoms with E-state index in [-0.39, 0.29) is 50.7 Å². The van der Waals surface area contributed by atoms with Crippen molar-refractivity contribution < 1.29 is 23.5 Å². The predicted octanol–water partition coefficient (Wildman–Crippen LogP) is 3.61. The highest BCUT2D eigenvalue weighted by Gasteiger charge is 2.45. The molecule has 2 saturated carbocycles. The Morgan fingerprint density at radius 1 is 1.19 bits per heavy atom. The summed E-state index contributed by atoms with van der Waals surface area (Å²) in [5.74, 6) is -2.54. The maximum Gasteiger partial charge on any atom is 0.233 e. The van der Waals surface area contributed by atoms with Crippen molar-refractivity contribution in [3.63, 3.8) is 0 Å². The lowest BCUT2D eigenvalue weighted by Crippen LogP contribution is -2.63. The summed E-state index contributed by atoms with van der Waals surface area (Å²) in [6.45, 7) is 2.03. The molecule has 0 atom stereocenters. The minimum Gasteiger partial charge on any atom is -0.503 e. The van der Waals surface area contributed by atoms with Crippen molar-refractivity contribution in [3.8, 4) is 5.75 Å². The number of halogens is 2. The van der Waals surface area contributed by atoms with Crippen LogP contribution in [0, 0.1) is 28.4 Å². The number of aromatic nitrogens is 1. The van der Waals surface area contributed by atoms with Crippen LogP contribution in [-0.4, -0.2) is 69.3 Å². The molecule has 4 N–H and O–H groups in total. The fourth-order valence-corrected chi connectivity index (χ4v) is 6.22. The molecule has 2 aliphatic carbocycles. The van der Waals surface area contributed by atoms with Crippen LogP contribution in [0.25, 0.3) is 0 Å². The molecule has 1 amide bonds. The second-order valence-corrected chi connectivity index (χ2v) is 12.7. The van der Waals surface area contributed by atoms with Gasteiger partial charge in [-0.05, 0) is 71.2 Å². The van der Waals surface area contributed by atoms with Crippen LogP contribution in [0.2, 0.25) is 0 Å². The Kier molecular flexibility index (Phi) is 8.93. The van der Waals surface area contributed by atoms with Gasteiger partial charge in [-0.1, -0.05) is 17.8 Å².